The van der Waals surface area contributed by atoms with Gasteiger partial charge in [-0.1, -0.05) is 30.3 Å². The molecule has 5 heterocycles. The molecule has 2 aliphatic rings. The maximum Gasteiger partial charge on any atom is 0.164 e. The molecule has 11 heteroatoms. The summed E-state index contributed by atoms with van der Waals surface area (Å²) >= 11 is 0. The molecule has 43 heavy (non-hydrogen) atoms. The molecule has 2 aliphatic heterocycles. The van der Waals surface area contributed by atoms with E-state index in [1.807, 2.05) is 43.3 Å². The SMILES string of the molecule is CC(C1=C(c2cccc(F)c2)C(C=O)c2ccccc2O1)n1nc(-c2ccc(N3CCOCC3)nc2)c2c(N)ncnc21. The van der Waals surface area contributed by atoms with Crippen molar-refractivity contribution in [1.82, 2.24) is 24.7 Å². The molecule has 2 atom stereocenters. The van der Waals surface area contributed by atoms with Gasteiger partial charge in [0.15, 0.2) is 5.65 Å². The first-order valence-corrected chi connectivity index (χ1v) is 14.0. The number of hydrogen-bond acceptors (Lipinski definition) is 9. The van der Waals surface area contributed by atoms with Gasteiger partial charge in [0.2, 0.25) is 0 Å². The topological polar surface area (TPSA) is 121 Å². The van der Waals surface area contributed by atoms with Gasteiger partial charge in [-0.05, 0) is 42.8 Å². The van der Waals surface area contributed by atoms with Crippen molar-refractivity contribution in [2.75, 3.05) is 36.9 Å². The van der Waals surface area contributed by atoms with Crippen molar-refractivity contribution < 1.29 is 18.7 Å². The second kappa shape index (κ2) is 10.9. The smallest absolute Gasteiger partial charge is 0.164 e. The lowest BCUT2D eigenvalue weighted by atomic mass is 9.83. The Bertz CT molecular complexity index is 1870. The molecule has 0 radical (unpaired) electrons. The van der Waals surface area contributed by atoms with Crippen LogP contribution < -0.4 is 15.4 Å². The fourth-order valence-electron chi connectivity index (χ4n) is 5.83. The number of rotatable bonds is 6. The van der Waals surface area contributed by atoms with E-state index in [0.717, 1.165) is 30.8 Å². The van der Waals surface area contributed by atoms with Crippen LogP contribution in [0.25, 0.3) is 27.9 Å². The lowest BCUT2D eigenvalue weighted by Gasteiger charge is -2.31. The number of para-hydroxylation sites is 1. The number of fused-ring (bicyclic) bond motifs is 2. The average molecular weight is 578 g/mol. The molecule has 216 valence electrons. The molecule has 0 amide bonds. The van der Waals surface area contributed by atoms with Crippen LogP contribution >= 0.6 is 0 Å². The predicted octanol–water partition coefficient (Wildman–Crippen LogP) is 4.79. The van der Waals surface area contributed by atoms with Crippen LogP contribution in [0.2, 0.25) is 0 Å². The summed E-state index contributed by atoms with van der Waals surface area (Å²) < 4.78 is 28.1. The minimum Gasteiger partial charge on any atom is -0.459 e. The summed E-state index contributed by atoms with van der Waals surface area (Å²) in [5.41, 5.74) is 10.0. The molecular formula is C32H28FN7O3. The van der Waals surface area contributed by atoms with Crippen molar-refractivity contribution >= 4 is 34.5 Å². The van der Waals surface area contributed by atoms with Gasteiger partial charge in [0, 0.05) is 36.0 Å². The van der Waals surface area contributed by atoms with Crippen molar-refractivity contribution in [2.45, 2.75) is 18.9 Å². The summed E-state index contributed by atoms with van der Waals surface area (Å²) in [5.74, 6) is 1.04. The monoisotopic (exact) mass is 577 g/mol. The summed E-state index contributed by atoms with van der Waals surface area (Å²) in [6.45, 7) is 4.77. The quantitative estimate of drug-likeness (QED) is 0.284. The van der Waals surface area contributed by atoms with Crippen LogP contribution in [0.1, 0.15) is 30.0 Å². The number of allylic oxidation sites excluding steroid dienone is 2. The van der Waals surface area contributed by atoms with Crippen LogP contribution in [0.15, 0.2) is 78.9 Å². The standard InChI is InChI=1S/C32H28FN7O3/c1-19(30-27(20-5-4-6-22(33)15-20)24(17-41)23-7-2-3-8-25(23)43-30)40-32-28(31(34)36-18-37-32)29(38-40)21-9-10-26(35-16-21)39-11-13-42-14-12-39/h2-10,15-19,24H,11-14H2,1H3,(H2,34,36,37). The number of carbonyl (C=O) groups is 1. The van der Waals surface area contributed by atoms with Gasteiger partial charge in [0.25, 0.3) is 0 Å². The summed E-state index contributed by atoms with van der Waals surface area (Å²) in [7, 11) is 0. The molecule has 0 spiro atoms. The highest BCUT2D eigenvalue weighted by Crippen LogP contribution is 2.46. The number of hydrogen-bond donors (Lipinski definition) is 1. The highest BCUT2D eigenvalue weighted by atomic mass is 19.1. The third kappa shape index (κ3) is 4.67. The Morgan fingerprint density at radius 3 is 2.63 bits per heavy atom. The van der Waals surface area contributed by atoms with E-state index >= 15 is 0 Å². The molecule has 1 fully saturated rings. The van der Waals surface area contributed by atoms with E-state index in [1.165, 1.54) is 18.5 Å². The number of ether oxygens (including phenoxy) is 2. The molecule has 10 nitrogen and oxygen atoms in total. The number of benzene rings is 2. The van der Waals surface area contributed by atoms with Gasteiger partial charge in [0.1, 0.15) is 53.3 Å². The summed E-state index contributed by atoms with van der Waals surface area (Å²) in [4.78, 5) is 28.3. The van der Waals surface area contributed by atoms with E-state index in [-0.39, 0.29) is 5.82 Å². The van der Waals surface area contributed by atoms with Gasteiger partial charge in [-0.25, -0.2) is 24.0 Å². The lowest BCUT2D eigenvalue weighted by molar-refractivity contribution is -0.108. The maximum absolute atomic E-state index is 14.5. The minimum atomic E-state index is -0.679. The number of aromatic nitrogens is 5. The summed E-state index contributed by atoms with van der Waals surface area (Å²) in [6.07, 6.45) is 4.02. The Balaban J connectivity index is 1.38. The van der Waals surface area contributed by atoms with E-state index in [0.29, 0.717) is 58.1 Å². The maximum atomic E-state index is 14.5. The number of pyridine rings is 1. The van der Waals surface area contributed by atoms with E-state index < -0.39 is 17.8 Å². The van der Waals surface area contributed by atoms with Crippen molar-refractivity contribution in [1.29, 1.82) is 0 Å². The van der Waals surface area contributed by atoms with Gasteiger partial charge in [-0.2, -0.15) is 5.10 Å². The predicted molar refractivity (Wildman–Crippen MR) is 160 cm³/mol. The fraction of sp³-hybridized carbons (Fsp3) is 0.219. The zero-order chi connectivity index (χ0) is 29.5. The Morgan fingerprint density at radius 1 is 1.02 bits per heavy atom. The minimum absolute atomic E-state index is 0.274. The first-order valence-electron chi connectivity index (χ1n) is 14.0. The van der Waals surface area contributed by atoms with E-state index in [9.17, 15) is 9.18 Å². The van der Waals surface area contributed by atoms with Gasteiger partial charge >= 0.3 is 0 Å². The third-order valence-electron chi connectivity index (χ3n) is 7.94. The van der Waals surface area contributed by atoms with Crippen molar-refractivity contribution in [2.24, 2.45) is 0 Å². The number of halogens is 1. The molecular weight excluding hydrogens is 549 g/mol. The van der Waals surface area contributed by atoms with Gasteiger partial charge in [0.05, 0.1) is 24.5 Å². The first kappa shape index (κ1) is 26.7. The Morgan fingerprint density at radius 2 is 1.86 bits per heavy atom. The highest BCUT2D eigenvalue weighted by Gasteiger charge is 2.35. The number of anilines is 2. The molecule has 0 saturated carbocycles. The molecule has 2 N–H and O–H groups in total. The fourth-order valence-corrected chi connectivity index (χ4v) is 5.83. The number of nitrogens with zero attached hydrogens (tertiary/aromatic N) is 6. The average Bonchev–Trinajstić information content (AvgIpc) is 3.45. The number of carbonyl (C=O) groups excluding carboxylic acids is 1. The van der Waals surface area contributed by atoms with Crippen LogP contribution in [-0.2, 0) is 9.53 Å². The van der Waals surface area contributed by atoms with Crippen LogP contribution in [0.4, 0.5) is 16.0 Å². The summed E-state index contributed by atoms with van der Waals surface area (Å²) in [6, 6.07) is 16.9. The van der Waals surface area contributed by atoms with Crippen molar-refractivity contribution in [3.05, 3.63) is 95.9 Å². The van der Waals surface area contributed by atoms with Crippen molar-refractivity contribution in [3.63, 3.8) is 0 Å². The second-order valence-corrected chi connectivity index (χ2v) is 10.5. The van der Waals surface area contributed by atoms with Crippen LogP contribution in [0, 0.1) is 5.82 Å². The van der Waals surface area contributed by atoms with Crippen molar-refractivity contribution in [3.8, 4) is 17.0 Å². The molecule has 5 aromatic rings. The molecule has 0 bridgehead atoms. The largest absolute Gasteiger partial charge is 0.459 e. The molecule has 0 aliphatic carbocycles. The lowest BCUT2D eigenvalue weighted by Crippen LogP contribution is -2.36. The molecule has 3 aromatic heterocycles. The number of aldehydes is 1. The van der Waals surface area contributed by atoms with Crippen LogP contribution in [0.5, 0.6) is 5.75 Å². The van der Waals surface area contributed by atoms with Crippen LogP contribution in [-0.4, -0.2) is 57.3 Å². The van der Waals surface area contributed by atoms with Gasteiger partial charge in [-0.15, -0.1) is 0 Å². The van der Waals surface area contributed by atoms with E-state index in [4.69, 9.17) is 25.3 Å². The van der Waals surface area contributed by atoms with Gasteiger partial charge in [-0.3, -0.25) is 0 Å². The second-order valence-electron chi connectivity index (χ2n) is 10.5. The number of morpholine rings is 1. The Hall–Kier alpha value is -5.16. The van der Waals surface area contributed by atoms with Gasteiger partial charge < -0.3 is 24.9 Å². The summed E-state index contributed by atoms with van der Waals surface area (Å²) in [5, 5.41) is 5.55. The number of nitrogens with two attached hydrogens (primary N) is 1. The molecule has 2 aromatic carbocycles. The zero-order valence-electron chi connectivity index (χ0n) is 23.4. The first-order chi connectivity index (χ1) is 21.0. The molecule has 2 unspecified atom stereocenters. The Labute approximate surface area is 246 Å². The van der Waals surface area contributed by atoms with E-state index in [2.05, 4.69) is 14.9 Å². The molecule has 7 rings (SSSR count). The third-order valence-corrected chi connectivity index (χ3v) is 7.94. The highest BCUT2D eigenvalue weighted by molar-refractivity contribution is 5.98. The zero-order valence-corrected chi connectivity index (χ0v) is 23.4. The van der Waals surface area contributed by atoms with Crippen LogP contribution in [0.3, 0.4) is 0 Å². The van der Waals surface area contributed by atoms with E-state index in [1.54, 1.807) is 23.0 Å². The normalized spacial score (nSPS) is 17.4. The molecule has 1 saturated heterocycles. The number of nitrogen functional groups attached to an aromatic ring is 1. The Kier molecular flexibility index (Phi) is 6.78.